The van der Waals surface area contributed by atoms with Crippen molar-refractivity contribution >= 4 is 15.9 Å². The summed E-state index contributed by atoms with van der Waals surface area (Å²) in [6, 6.07) is 1.41. The molecule has 0 heterocycles. The van der Waals surface area contributed by atoms with Crippen LogP contribution in [0.1, 0.15) is 30.1 Å². The maximum Gasteiger partial charge on any atom is 0.259 e. The molecule has 0 saturated heterocycles. The molecule has 1 aromatic carbocycles. The van der Waals surface area contributed by atoms with Crippen LogP contribution in [0.15, 0.2) is 17.0 Å². The smallest absolute Gasteiger partial charge is 0.259 e. The summed E-state index contributed by atoms with van der Waals surface area (Å²) in [5.41, 5.74) is -0.907. The van der Waals surface area contributed by atoms with Crippen molar-refractivity contribution < 1.29 is 22.0 Å². The molecule has 5 nitrogen and oxygen atoms in total. The molecule has 0 fully saturated rings. The van der Waals surface area contributed by atoms with E-state index in [4.69, 9.17) is 5.14 Å². The maximum absolute atomic E-state index is 14.0. The lowest BCUT2D eigenvalue weighted by Crippen LogP contribution is -2.30. The number of nitrogens with two attached hydrogens (primary N) is 1. The number of hydrogen-bond acceptors (Lipinski definition) is 3. The summed E-state index contributed by atoms with van der Waals surface area (Å²) >= 11 is 0. The van der Waals surface area contributed by atoms with Gasteiger partial charge in [0.15, 0.2) is 5.82 Å². The summed E-state index contributed by atoms with van der Waals surface area (Å²) in [4.78, 5) is 12.2. The SMILES string of the molecule is CCCCN(C)C(=O)c1c(F)ccc(S(N)(=O)=O)c1F. The quantitative estimate of drug-likeness (QED) is 0.895. The van der Waals surface area contributed by atoms with Gasteiger partial charge in [-0.3, -0.25) is 4.79 Å². The van der Waals surface area contributed by atoms with Crippen LogP contribution in [0, 0.1) is 11.6 Å². The fourth-order valence-corrected chi connectivity index (χ4v) is 2.25. The van der Waals surface area contributed by atoms with Crippen LogP contribution >= 0.6 is 0 Å². The molecule has 0 aliphatic rings. The number of carbonyl (C=O) groups excluding carboxylic acids is 1. The van der Waals surface area contributed by atoms with E-state index in [1.807, 2.05) is 6.92 Å². The van der Waals surface area contributed by atoms with Crippen LogP contribution in [0.3, 0.4) is 0 Å². The average Bonchev–Trinajstić information content (AvgIpc) is 2.34. The highest BCUT2D eigenvalue weighted by Crippen LogP contribution is 2.21. The summed E-state index contributed by atoms with van der Waals surface area (Å²) in [7, 11) is -2.97. The van der Waals surface area contributed by atoms with Crippen LogP contribution in [0.2, 0.25) is 0 Å². The second kappa shape index (κ2) is 6.27. The number of rotatable bonds is 5. The fraction of sp³-hybridized carbons (Fsp3) is 0.417. The van der Waals surface area contributed by atoms with Gasteiger partial charge >= 0.3 is 0 Å². The third kappa shape index (κ3) is 3.51. The van der Waals surface area contributed by atoms with Gasteiger partial charge in [-0.2, -0.15) is 0 Å². The highest BCUT2D eigenvalue weighted by molar-refractivity contribution is 7.89. The van der Waals surface area contributed by atoms with Crippen molar-refractivity contribution in [2.75, 3.05) is 13.6 Å². The second-order valence-corrected chi connectivity index (χ2v) is 5.89. The Bertz CT molecular complexity index is 617. The Kier molecular flexibility index (Phi) is 5.18. The van der Waals surface area contributed by atoms with Crippen molar-refractivity contribution in [2.45, 2.75) is 24.7 Å². The first-order valence-electron chi connectivity index (χ1n) is 5.96. The molecular formula is C12H16F2N2O3S. The Labute approximate surface area is 116 Å². The first kappa shape index (κ1) is 16.5. The van der Waals surface area contributed by atoms with E-state index in [1.165, 1.54) is 7.05 Å². The molecule has 0 aromatic heterocycles. The number of unbranched alkanes of at least 4 members (excludes halogenated alkanes) is 1. The minimum absolute atomic E-state index is 0.313. The van der Waals surface area contributed by atoms with E-state index in [-0.39, 0.29) is 0 Å². The number of benzene rings is 1. The minimum atomic E-state index is -4.36. The summed E-state index contributed by atoms with van der Waals surface area (Å²) in [5.74, 6) is -3.50. The van der Waals surface area contributed by atoms with Crippen LogP contribution in [-0.2, 0) is 10.0 Å². The molecule has 1 rings (SSSR count). The zero-order chi connectivity index (χ0) is 15.5. The Morgan fingerprint density at radius 1 is 1.35 bits per heavy atom. The molecule has 0 atom stereocenters. The molecule has 20 heavy (non-hydrogen) atoms. The van der Waals surface area contributed by atoms with Gasteiger partial charge in [0.2, 0.25) is 10.0 Å². The molecule has 0 radical (unpaired) electrons. The summed E-state index contributed by atoms with van der Waals surface area (Å²) in [5, 5.41) is 4.82. The molecule has 1 amide bonds. The van der Waals surface area contributed by atoms with E-state index in [1.54, 1.807) is 0 Å². The van der Waals surface area contributed by atoms with Crippen molar-refractivity contribution in [2.24, 2.45) is 5.14 Å². The van der Waals surface area contributed by atoms with Crippen LogP contribution in [-0.4, -0.2) is 32.8 Å². The van der Waals surface area contributed by atoms with Crippen molar-refractivity contribution in [3.8, 4) is 0 Å². The molecule has 1 aromatic rings. The van der Waals surface area contributed by atoms with Gasteiger partial charge in [0.05, 0.1) is 0 Å². The summed E-state index contributed by atoms with van der Waals surface area (Å²) < 4.78 is 50.0. The van der Waals surface area contributed by atoms with Gasteiger partial charge in [-0.15, -0.1) is 0 Å². The van der Waals surface area contributed by atoms with Crippen LogP contribution in [0.4, 0.5) is 8.78 Å². The molecule has 0 unspecified atom stereocenters. The average molecular weight is 306 g/mol. The van der Waals surface area contributed by atoms with Gasteiger partial charge in [0.1, 0.15) is 16.3 Å². The summed E-state index contributed by atoms with van der Waals surface area (Å²) in [6.07, 6.45) is 1.47. The molecule has 0 bridgehead atoms. The molecule has 0 spiro atoms. The normalized spacial score (nSPS) is 11.4. The first-order valence-corrected chi connectivity index (χ1v) is 7.51. The van der Waals surface area contributed by atoms with Crippen molar-refractivity contribution in [1.82, 2.24) is 4.90 Å². The Balaban J connectivity index is 3.28. The number of sulfonamides is 1. The molecule has 0 aliphatic carbocycles. The Morgan fingerprint density at radius 3 is 2.45 bits per heavy atom. The van der Waals surface area contributed by atoms with E-state index in [0.29, 0.717) is 25.1 Å². The Hall–Kier alpha value is -1.54. The maximum atomic E-state index is 14.0. The standard InChI is InChI=1S/C12H16F2N2O3S/c1-3-4-7-16(2)12(17)10-8(13)5-6-9(11(10)14)20(15,18)19/h5-6H,3-4,7H2,1-2H3,(H2,15,18,19). The van der Waals surface area contributed by atoms with Crippen molar-refractivity contribution in [1.29, 1.82) is 0 Å². The predicted octanol–water partition coefficient (Wildman–Crippen LogP) is 1.48. The van der Waals surface area contributed by atoms with Gasteiger partial charge in [-0.1, -0.05) is 13.3 Å². The predicted molar refractivity (Wildman–Crippen MR) is 69.6 cm³/mol. The molecule has 2 N–H and O–H groups in total. The van der Waals surface area contributed by atoms with E-state index >= 15 is 0 Å². The fourth-order valence-electron chi connectivity index (χ4n) is 1.64. The van der Waals surface area contributed by atoms with Gasteiger partial charge < -0.3 is 4.90 Å². The number of nitrogens with zero attached hydrogens (tertiary/aromatic N) is 1. The van der Waals surface area contributed by atoms with Crippen LogP contribution in [0.25, 0.3) is 0 Å². The lowest BCUT2D eigenvalue weighted by molar-refractivity contribution is 0.0783. The third-order valence-corrected chi connectivity index (χ3v) is 3.70. The van der Waals surface area contributed by atoms with Crippen molar-refractivity contribution in [3.63, 3.8) is 0 Å². The molecule has 8 heteroatoms. The van der Waals surface area contributed by atoms with Gasteiger partial charge in [0.25, 0.3) is 5.91 Å². The minimum Gasteiger partial charge on any atom is -0.342 e. The first-order chi connectivity index (χ1) is 9.20. The van der Waals surface area contributed by atoms with Crippen LogP contribution in [0.5, 0.6) is 0 Å². The molecule has 0 aliphatic heterocycles. The monoisotopic (exact) mass is 306 g/mol. The zero-order valence-corrected chi connectivity index (χ0v) is 12.0. The lowest BCUT2D eigenvalue weighted by Gasteiger charge is -2.18. The van der Waals surface area contributed by atoms with Crippen LogP contribution < -0.4 is 5.14 Å². The van der Waals surface area contributed by atoms with Gasteiger partial charge in [-0.25, -0.2) is 22.3 Å². The molecular weight excluding hydrogens is 290 g/mol. The number of halogens is 2. The Morgan fingerprint density at radius 2 is 1.95 bits per heavy atom. The zero-order valence-electron chi connectivity index (χ0n) is 11.2. The third-order valence-electron chi connectivity index (χ3n) is 2.77. The second-order valence-electron chi connectivity index (χ2n) is 4.36. The number of amides is 1. The number of primary sulfonamides is 1. The topological polar surface area (TPSA) is 80.5 Å². The summed E-state index contributed by atoms with van der Waals surface area (Å²) in [6.45, 7) is 2.22. The van der Waals surface area contributed by atoms with E-state index < -0.39 is 38.0 Å². The largest absolute Gasteiger partial charge is 0.342 e. The van der Waals surface area contributed by atoms with Gasteiger partial charge in [0, 0.05) is 13.6 Å². The van der Waals surface area contributed by atoms with Gasteiger partial charge in [-0.05, 0) is 18.6 Å². The highest BCUT2D eigenvalue weighted by atomic mass is 32.2. The lowest BCUT2D eigenvalue weighted by atomic mass is 10.1. The van der Waals surface area contributed by atoms with E-state index in [2.05, 4.69) is 0 Å². The number of carbonyl (C=O) groups is 1. The van der Waals surface area contributed by atoms with Crippen molar-refractivity contribution in [3.05, 3.63) is 29.3 Å². The highest BCUT2D eigenvalue weighted by Gasteiger charge is 2.26. The molecule has 0 saturated carbocycles. The van der Waals surface area contributed by atoms with E-state index in [9.17, 15) is 22.0 Å². The number of hydrogen-bond donors (Lipinski definition) is 1. The molecule has 112 valence electrons. The van der Waals surface area contributed by atoms with E-state index in [0.717, 1.165) is 11.3 Å².